The van der Waals surface area contributed by atoms with Crippen LogP contribution in [0.5, 0.6) is 0 Å². The molecule has 1 aliphatic heterocycles. The largest absolute Gasteiger partial charge is 0.335 e. The van der Waals surface area contributed by atoms with Crippen molar-refractivity contribution >= 4 is 40.6 Å². The first-order valence-electron chi connectivity index (χ1n) is 9.82. The van der Waals surface area contributed by atoms with Gasteiger partial charge in [-0.1, -0.05) is 23.7 Å². The lowest BCUT2D eigenvalue weighted by atomic mass is 10.2. The van der Waals surface area contributed by atoms with E-state index in [9.17, 15) is 14.0 Å². The minimum absolute atomic E-state index is 0.209. The van der Waals surface area contributed by atoms with Crippen LogP contribution in [0.2, 0.25) is 5.02 Å². The van der Waals surface area contributed by atoms with E-state index in [0.717, 1.165) is 0 Å². The quantitative estimate of drug-likeness (QED) is 0.601. The predicted octanol–water partition coefficient (Wildman–Crippen LogP) is 4.98. The van der Waals surface area contributed by atoms with E-state index in [1.807, 2.05) is 0 Å². The molecule has 160 valence electrons. The highest BCUT2D eigenvalue weighted by molar-refractivity contribution is 7.13. The topological polar surface area (TPSA) is 65.5 Å². The van der Waals surface area contributed by atoms with Gasteiger partial charge >= 0.3 is 6.03 Å². The molecule has 0 bridgehead atoms. The Kier molecular flexibility index (Phi) is 6.48. The highest BCUT2D eigenvalue weighted by Gasteiger charge is 2.24. The zero-order valence-electron chi connectivity index (χ0n) is 16.6. The summed E-state index contributed by atoms with van der Waals surface area (Å²) < 4.78 is 14.0. The molecule has 2 aromatic carbocycles. The Balaban J connectivity index is 1.38. The zero-order valence-corrected chi connectivity index (χ0v) is 18.1. The minimum Gasteiger partial charge on any atom is -0.335 e. The first kappa shape index (κ1) is 21.3. The number of hydrogen-bond acceptors (Lipinski definition) is 4. The second kappa shape index (κ2) is 9.45. The van der Waals surface area contributed by atoms with Crippen molar-refractivity contribution in [2.75, 3.05) is 31.5 Å². The van der Waals surface area contributed by atoms with Crippen LogP contribution in [0.25, 0.3) is 10.6 Å². The van der Waals surface area contributed by atoms with Gasteiger partial charge < -0.3 is 15.1 Å². The van der Waals surface area contributed by atoms with Crippen LogP contribution >= 0.6 is 22.9 Å². The van der Waals surface area contributed by atoms with Gasteiger partial charge in [0.15, 0.2) is 0 Å². The minimum atomic E-state index is -0.368. The summed E-state index contributed by atoms with van der Waals surface area (Å²) in [6.45, 7) is 1.88. The smallest absolute Gasteiger partial charge is 0.321 e. The number of halogens is 2. The molecule has 0 aliphatic carbocycles. The predicted molar refractivity (Wildman–Crippen MR) is 120 cm³/mol. The van der Waals surface area contributed by atoms with Crippen molar-refractivity contribution in [3.8, 4) is 10.6 Å². The Labute approximate surface area is 188 Å². The summed E-state index contributed by atoms with van der Waals surface area (Å²) in [6.07, 6.45) is 0.657. The van der Waals surface area contributed by atoms with E-state index in [-0.39, 0.29) is 17.8 Å². The van der Waals surface area contributed by atoms with Crippen molar-refractivity contribution in [1.29, 1.82) is 0 Å². The number of carbonyl (C=O) groups is 2. The fourth-order valence-electron chi connectivity index (χ4n) is 3.35. The van der Waals surface area contributed by atoms with Gasteiger partial charge in [-0.3, -0.25) is 4.79 Å². The number of hydrogen-bond donors (Lipinski definition) is 1. The Bertz CT molecular complexity index is 1090. The maximum Gasteiger partial charge on any atom is 0.321 e. The van der Waals surface area contributed by atoms with Gasteiger partial charge in [0.25, 0.3) is 5.91 Å². The number of aromatic nitrogens is 1. The molecule has 3 aromatic rings. The highest BCUT2D eigenvalue weighted by Crippen LogP contribution is 2.26. The van der Waals surface area contributed by atoms with Crippen molar-refractivity contribution in [2.24, 2.45) is 0 Å². The normalized spacial score (nSPS) is 14.3. The van der Waals surface area contributed by atoms with E-state index in [1.165, 1.54) is 17.4 Å². The highest BCUT2D eigenvalue weighted by atomic mass is 35.5. The summed E-state index contributed by atoms with van der Waals surface area (Å²) in [6, 6.07) is 13.1. The molecular weight excluding hydrogens is 439 g/mol. The van der Waals surface area contributed by atoms with Crippen LogP contribution in [0.4, 0.5) is 14.9 Å². The molecule has 2 heterocycles. The van der Waals surface area contributed by atoms with E-state index in [4.69, 9.17) is 11.6 Å². The number of urea groups is 1. The fourth-order valence-corrected chi connectivity index (χ4v) is 4.30. The van der Waals surface area contributed by atoms with Crippen LogP contribution in [-0.2, 0) is 0 Å². The third kappa shape index (κ3) is 5.03. The molecule has 0 spiro atoms. The standard InChI is InChI=1S/C22H20ClFN4O2S/c23-15-6-8-16(9-7-15)25-22(30)28-11-3-10-27(12-13-28)21(29)19-14-31-20(26-19)17-4-1-2-5-18(17)24/h1-2,4-9,14H,3,10-13H2,(H,25,30). The third-order valence-electron chi connectivity index (χ3n) is 4.99. The monoisotopic (exact) mass is 458 g/mol. The summed E-state index contributed by atoms with van der Waals surface area (Å²) >= 11 is 7.11. The number of thiazole rings is 1. The van der Waals surface area contributed by atoms with Gasteiger partial charge in [0.05, 0.1) is 0 Å². The van der Waals surface area contributed by atoms with Gasteiger partial charge in [-0.2, -0.15) is 0 Å². The molecule has 0 atom stereocenters. The molecule has 31 heavy (non-hydrogen) atoms. The van der Waals surface area contributed by atoms with Crippen molar-refractivity contribution in [1.82, 2.24) is 14.8 Å². The van der Waals surface area contributed by atoms with Gasteiger partial charge in [-0.15, -0.1) is 11.3 Å². The first-order valence-corrected chi connectivity index (χ1v) is 11.1. The van der Waals surface area contributed by atoms with Crippen molar-refractivity contribution < 1.29 is 14.0 Å². The van der Waals surface area contributed by atoms with E-state index >= 15 is 0 Å². The second-order valence-electron chi connectivity index (χ2n) is 7.09. The van der Waals surface area contributed by atoms with E-state index in [0.29, 0.717) is 59.6 Å². The van der Waals surface area contributed by atoms with Gasteiger partial charge in [-0.05, 0) is 42.8 Å². The molecule has 0 unspecified atom stereocenters. The number of carbonyl (C=O) groups excluding carboxylic acids is 2. The third-order valence-corrected chi connectivity index (χ3v) is 6.12. The van der Waals surface area contributed by atoms with E-state index in [1.54, 1.807) is 57.6 Å². The fraction of sp³-hybridized carbons (Fsp3) is 0.227. The number of nitrogens with one attached hydrogen (secondary N) is 1. The van der Waals surface area contributed by atoms with Gasteiger partial charge in [0.2, 0.25) is 0 Å². The molecule has 1 saturated heterocycles. The maximum absolute atomic E-state index is 14.0. The summed E-state index contributed by atoms with van der Waals surface area (Å²) in [5.41, 5.74) is 1.34. The van der Waals surface area contributed by atoms with Crippen molar-refractivity contribution in [2.45, 2.75) is 6.42 Å². The molecule has 4 rings (SSSR count). The molecule has 6 nitrogen and oxygen atoms in total. The summed E-state index contributed by atoms with van der Waals surface area (Å²) in [5, 5.41) is 5.57. The van der Waals surface area contributed by atoms with Crippen LogP contribution in [0.1, 0.15) is 16.9 Å². The molecule has 1 fully saturated rings. The average molecular weight is 459 g/mol. The number of rotatable bonds is 3. The molecule has 0 saturated carbocycles. The van der Waals surface area contributed by atoms with Gasteiger partial charge in [-0.25, -0.2) is 14.2 Å². The molecule has 9 heteroatoms. The Morgan fingerprint density at radius 1 is 1.00 bits per heavy atom. The molecule has 0 radical (unpaired) electrons. The second-order valence-corrected chi connectivity index (χ2v) is 8.38. The number of anilines is 1. The van der Waals surface area contributed by atoms with Crippen LogP contribution in [-0.4, -0.2) is 52.9 Å². The molecule has 1 N–H and O–H groups in total. The Morgan fingerprint density at radius 3 is 2.48 bits per heavy atom. The van der Waals surface area contributed by atoms with Crippen molar-refractivity contribution in [3.63, 3.8) is 0 Å². The summed E-state index contributed by atoms with van der Waals surface area (Å²) in [5.74, 6) is -0.577. The lowest BCUT2D eigenvalue weighted by Gasteiger charge is -2.22. The average Bonchev–Trinajstić information content (AvgIpc) is 3.12. The van der Waals surface area contributed by atoms with Crippen LogP contribution in [0.3, 0.4) is 0 Å². The molecule has 3 amide bonds. The van der Waals surface area contributed by atoms with Crippen LogP contribution in [0.15, 0.2) is 53.9 Å². The van der Waals surface area contributed by atoms with Crippen molar-refractivity contribution in [3.05, 3.63) is 70.4 Å². The SMILES string of the molecule is O=C(Nc1ccc(Cl)cc1)N1CCCN(C(=O)c2csc(-c3ccccc3F)n2)CC1. The molecule has 1 aromatic heterocycles. The number of nitrogens with zero attached hydrogens (tertiary/aromatic N) is 3. The van der Waals surface area contributed by atoms with E-state index in [2.05, 4.69) is 10.3 Å². The van der Waals surface area contributed by atoms with Crippen LogP contribution in [0, 0.1) is 5.82 Å². The maximum atomic E-state index is 14.0. The van der Waals surface area contributed by atoms with Gasteiger partial charge in [0.1, 0.15) is 16.5 Å². The number of benzene rings is 2. The lowest BCUT2D eigenvalue weighted by Crippen LogP contribution is -2.39. The first-order chi connectivity index (χ1) is 15.0. The lowest BCUT2D eigenvalue weighted by molar-refractivity contribution is 0.0757. The Morgan fingerprint density at radius 2 is 1.71 bits per heavy atom. The summed E-state index contributed by atoms with van der Waals surface area (Å²) in [7, 11) is 0. The molecule has 1 aliphatic rings. The Hall–Kier alpha value is -2.97. The van der Waals surface area contributed by atoms with E-state index < -0.39 is 0 Å². The van der Waals surface area contributed by atoms with Gasteiger partial charge in [0, 0.05) is 47.8 Å². The molecular formula is C22H20ClFN4O2S. The summed E-state index contributed by atoms with van der Waals surface area (Å²) in [4.78, 5) is 33.2. The number of amides is 3. The zero-order chi connectivity index (χ0) is 21.8. The van der Waals surface area contributed by atoms with Crippen LogP contribution < -0.4 is 5.32 Å².